The number of ether oxygens (including phenoxy) is 1. The summed E-state index contributed by atoms with van der Waals surface area (Å²) in [6.07, 6.45) is 0. The molecule has 3 heteroatoms. The molecule has 1 spiro atoms. The first-order valence-corrected chi connectivity index (χ1v) is 17.5. The van der Waals surface area contributed by atoms with Gasteiger partial charge in [0, 0.05) is 33.8 Å². The Morgan fingerprint density at radius 2 is 1.12 bits per heavy atom. The number of nitrogens with zero attached hydrogens (tertiary/aromatic N) is 1. The van der Waals surface area contributed by atoms with Gasteiger partial charge in [-0.05, 0) is 98.2 Å². The molecular formula is C48H31NO2. The molecule has 0 atom stereocenters. The molecule has 240 valence electrons. The molecular weight excluding hydrogens is 623 g/mol. The largest absolute Gasteiger partial charge is 0.497 e. The highest BCUT2D eigenvalue weighted by atomic mass is 16.5. The molecule has 51 heavy (non-hydrogen) atoms. The third-order valence-corrected chi connectivity index (χ3v) is 11.2. The van der Waals surface area contributed by atoms with Crippen LogP contribution in [-0.2, 0) is 5.41 Å². The van der Waals surface area contributed by atoms with Crippen molar-refractivity contribution in [3.8, 4) is 28.0 Å². The number of hydrogen-bond donors (Lipinski definition) is 0. The van der Waals surface area contributed by atoms with Crippen molar-refractivity contribution >= 4 is 49.8 Å². The van der Waals surface area contributed by atoms with Crippen molar-refractivity contribution in [3.63, 3.8) is 0 Å². The summed E-state index contributed by atoms with van der Waals surface area (Å²) in [5, 5.41) is 4.68. The molecule has 1 heterocycles. The zero-order valence-corrected chi connectivity index (χ0v) is 27.9. The Kier molecular flexibility index (Phi) is 5.80. The number of rotatable bonds is 4. The van der Waals surface area contributed by atoms with Crippen LogP contribution in [0.15, 0.2) is 174 Å². The lowest BCUT2D eigenvalue weighted by Crippen LogP contribution is -2.26. The number of hydrogen-bond acceptors (Lipinski definition) is 3. The Balaban J connectivity index is 1.20. The van der Waals surface area contributed by atoms with Gasteiger partial charge in [0.25, 0.3) is 0 Å². The summed E-state index contributed by atoms with van der Waals surface area (Å²) in [5.74, 6) is 0.820. The Labute approximate surface area is 295 Å². The van der Waals surface area contributed by atoms with Crippen molar-refractivity contribution in [3.05, 3.63) is 192 Å². The summed E-state index contributed by atoms with van der Waals surface area (Å²) < 4.78 is 12.2. The fourth-order valence-corrected chi connectivity index (χ4v) is 9.14. The number of benzene rings is 8. The molecule has 0 aliphatic heterocycles. The van der Waals surface area contributed by atoms with Crippen molar-refractivity contribution < 1.29 is 9.15 Å². The van der Waals surface area contributed by atoms with E-state index in [2.05, 4.69) is 163 Å². The maximum atomic E-state index is 6.62. The Morgan fingerprint density at radius 1 is 0.490 bits per heavy atom. The normalized spacial score (nSPS) is 13.4. The summed E-state index contributed by atoms with van der Waals surface area (Å²) in [6.45, 7) is 0. The predicted molar refractivity (Wildman–Crippen MR) is 209 cm³/mol. The van der Waals surface area contributed by atoms with Crippen LogP contribution < -0.4 is 9.64 Å². The lowest BCUT2D eigenvalue weighted by atomic mass is 9.70. The van der Waals surface area contributed by atoms with Crippen molar-refractivity contribution in [2.45, 2.75) is 5.41 Å². The van der Waals surface area contributed by atoms with Crippen LogP contribution in [-0.4, -0.2) is 7.11 Å². The van der Waals surface area contributed by atoms with Gasteiger partial charge in [-0.2, -0.15) is 0 Å². The van der Waals surface area contributed by atoms with E-state index in [4.69, 9.17) is 9.15 Å². The third kappa shape index (κ3) is 3.72. The summed E-state index contributed by atoms with van der Waals surface area (Å²) >= 11 is 0. The molecule has 1 aromatic heterocycles. The summed E-state index contributed by atoms with van der Waals surface area (Å²) in [4.78, 5) is 2.38. The molecule has 0 amide bonds. The summed E-state index contributed by atoms with van der Waals surface area (Å²) in [7, 11) is 1.71. The molecule has 8 aromatic carbocycles. The summed E-state index contributed by atoms with van der Waals surface area (Å²) in [5.41, 5.74) is 14.9. The van der Waals surface area contributed by atoms with E-state index in [9.17, 15) is 0 Å². The van der Waals surface area contributed by atoms with Gasteiger partial charge in [0.2, 0.25) is 0 Å². The third-order valence-electron chi connectivity index (χ3n) is 11.2. The Bertz CT molecular complexity index is 2820. The van der Waals surface area contributed by atoms with Gasteiger partial charge in [-0.15, -0.1) is 0 Å². The minimum atomic E-state index is -0.426. The van der Waals surface area contributed by atoms with Crippen LogP contribution in [0.25, 0.3) is 55.0 Å². The fraction of sp³-hybridized carbons (Fsp3) is 0.0417. The van der Waals surface area contributed by atoms with E-state index in [0.717, 1.165) is 44.8 Å². The minimum absolute atomic E-state index is 0.426. The van der Waals surface area contributed by atoms with Crippen LogP contribution in [0.1, 0.15) is 22.3 Å². The molecule has 0 saturated heterocycles. The molecule has 0 N–H and O–H groups in total. The van der Waals surface area contributed by atoms with E-state index in [-0.39, 0.29) is 0 Å². The molecule has 0 fully saturated rings. The van der Waals surface area contributed by atoms with E-state index in [1.54, 1.807) is 7.11 Å². The maximum Gasteiger partial charge on any atom is 0.137 e. The number of anilines is 3. The van der Waals surface area contributed by atoms with Gasteiger partial charge < -0.3 is 14.1 Å². The van der Waals surface area contributed by atoms with Crippen LogP contribution in [0, 0.1) is 0 Å². The highest BCUT2D eigenvalue weighted by Crippen LogP contribution is 2.64. The molecule has 0 bridgehead atoms. The fourth-order valence-electron chi connectivity index (χ4n) is 9.14. The highest BCUT2D eigenvalue weighted by Gasteiger charge is 2.52. The molecule has 9 aromatic rings. The first kappa shape index (κ1) is 28.3. The molecule has 0 saturated carbocycles. The van der Waals surface area contributed by atoms with Gasteiger partial charge in [-0.3, -0.25) is 0 Å². The zero-order valence-electron chi connectivity index (χ0n) is 27.9. The number of fused-ring (bicyclic) bond motifs is 15. The van der Waals surface area contributed by atoms with Crippen molar-refractivity contribution in [1.82, 2.24) is 0 Å². The highest BCUT2D eigenvalue weighted by molar-refractivity contribution is 6.19. The van der Waals surface area contributed by atoms with E-state index in [1.807, 2.05) is 12.1 Å². The maximum absolute atomic E-state index is 6.62. The topological polar surface area (TPSA) is 25.6 Å². The van der Waals surface area contributed by atoms with Crippen LogP contribution >= 0.6 is 0 Å². The molecule has 2 aliphatic rings. The Morgan fingerprint density at radius 3 is 1.86 bits per heavy atom. The SMILES string of the molecule is COc1ccc(N(c2ccc3c(c2)oc2ccc4ccccc4c23)c2cccc3c2-c2ccccc2C32c3ccccc3-c3ccccc32)cc1. The average Bonchev–Trinajstić information content (AvgIpc) is 3.83. The second-order valence-electron chi connectivity index (χ2n) is 13.6. The van der Waals surface area contributed by atoms with Gasteiger partial charge in [0.1, 0.15) is 16.9 Å². The smallest absolute Gasteiger partial charge is 0.137 e. The van der Waals surface area contributed by atoms with Crippen molar-refractivity contribution in [1.29, 1.82) is 0 Å². The van der Waals surface area contributed by atoms with Crippen LogP contribution in [0.5, 0.6) is 5.75 Å². The molecule has 2 aliphatic carbocycles. The summed E-state index contributed by atoms with van der Waals surface area (Å²) in [6, 6.07) is 61.5. The zero-order chi connectivity index (χ0) is 33.7. The quantitative estimate of drug-likeness (QED) is 0.189. The lowest BCUT2D eigenvalue weighted by Gasteiger charge is -2.31. The first-order chi connectivity index (χ1) is 25.3. The molecule has 3 nitrogen and oxygen atoms in total. The standard InChI is InChI=1S/C48H31NO2/c1-50-33-25-22-31(23-26-33)49(32-24-27-38-45(29-32)51-44-28-21-30-11-2-3-12-34(30)46(38)44)43-20-10-19-42-47(43)37-15-6-9-18-41(37)48(42)39-16-7-4-13-35(39)36-14-5-8-17-40(36)48/h2-29H,1H3. The predicted octanol–water partition coefficient (Wildman–Crippen LogP) is 12.6. The van der Waals surface area contributed by atoms with Gasteiger partial charge in [0.15, 0.2) is 0 Å². The van der Waals surface area contributed by atoms with Crippen LogP contribution in [0.4, 0.5) is 17.1 Å². The van der Waals surface area contributed by atoms with Gasteiger partial charge in [0.05, 0.1) is 18.2 Å². The van der Waals surface area contributed by atoms with Crippen LogP contribution in [0.3, 0.4) is 0 Å². The Hall–Kier alpha value is -6.58. The van der Waals surface area contributed by atoms with Crippen LogP contribution in [0.2, 0.25) is 0 Å². The lowest BCUT2D eigenvalue weighted by molar-refractivity contribution is 0.415. The second-order valence-corrected chi connectivity index (χ2v) is 13.6. The van der Waals surface area contributed by atoms with E-state index in [0.29, 0.717) is 0 Å². The number of methoxy groups -OCH3 is 1. The minimum Gasteiger partial charge on any atom is -0.497 e. The van der Waals surface area contributed by atoms with E-state index in [1.165, 1.54) is 55.3 Å². The monoisotopic (exact) mass is 653 g/mol. The van der Waals surface area contributed by atoms with Crippen molar-refractivity contribution in [2.75, 3.05) is 12.0 Å². The number of furan rings is 1. The molecule has 0 unspecified atom stereocenters. The average molecular weight is 654 g/mol. The molecule has 11 rings (SSSR count). The van der Waals surface area contributed by atoms with Gasteiger partial charge >= 0.3 is 0 Å². The van der Waals surface area contributed by atoms with E-state index >= 15 is 0 Å². The second kappa shape index (κ2) is 10.5. The van der Waals surface area contributed by atoms with Crippen molar-refractivity contribution in [2.24, 2.45) is 0 Å². The molecule has 0 radical (unpaired) electrons. The van der Waals surface area contributed by atoms with Gasteiger partial charge in [-0.25, -0.2) is 0 Å². The first-order valence-electron chi connectivity index (χ1n) is 17.5. The van der Waals surface area contributed by atoms with Gasteiger partial charge in [-0.1, -0.05) is 115 Å². The van der Waals surface area contributed by atoms with E-state index < -0.39 is 5.41 Å².